The maximum atomic E-state index is 12.6. The van der Waals surface area contributed by atoms with Crippen molar-refractivity contribution in [2.75, 3.05) is 14.2 Å². The summed E-state index contributed by atoms with van der Waals surface area (Å²) in [7, 11) is 2.82. The molecule has 26 heavy (non-hydrogen) atoms. The molecule has 0 spiro atoms. The Morgan fingerprint density at radius 1 is 1.12 bits per heavy atom. The van der Waals surface area contributed by atoms with E-state index >= 15 is 0 Å². The largest absolute Gasteiger partial charge is 0.507 e. The third kappa shape index (κ3) is 3.26. The number of hydrogen-bond acceptors (Lipinski definition) is 6. The van der Waals surface area contributed by atoms with Gasteiger partial charge in [-0.2, -0.15) is 0 Å². The van der Waals surface area contributed by atoms with Gasteiger partial charge in [0.25, 0.3) is 0 Å². The summed E-state index contributed by atoms with van der Waals surface area (Å²) in [6, 6.07) is 13.6. The second-order valence-corrected chi connectivity index (χ2v) is 5.75. The molecule has 3 rings (SSSR count). The lowest BCUT2D eigenvalue weighted by molar-refractivity contribution is -0.140. The summed E-state index contributed by atoms with van der Waals surface area (Å²) in [6.45, 7) is 0. The van der Waals surface area contributed by atoms with Crippen LogP contribution in [0.3, 0.4) is 0 Å². The van der Waals surface area contributed by atoms with Crippen LogP contribution < -0.4 is 10.4 Å². The number of benzene rings is 2. The number of rotatable bonds is 5. The average Bonchev–Trinajstić information content (AvgIpc) is 2.67. The van der Waals surface area contributed by atoms with Gasteiger partial charge in [0.05, 0.1) is 31.6 Å². The molecule has 0 aliphatic carbocycles. The number of methoxy groups -OCH3 is 2. The third-order valence-electron chi connectivity index (χ3n) is 4.28. The maximum absolute atomic E-state index is 12.6. The van der Waals surface area contributed by atoms with Crippen molar-refractivity contribution in [1.82, 2.24) is 0 Å². The van der Waals surface area contributed by atoms with Gasteiger partial charge in [-0.1, -0.05) is 24.3 Å². The van der Waals surface area contributed by atoms with Crippen LogP contribution >= 0.6 is 0 Å². The highest BCUT2D eigenvalue weighted by molar-refractivity contribution is 5.84. The first-order valence-electron chi connectivity index (χ1n) is 8.00. The molecule has 0 aliphatic heterocycles. The van der Waals surface area contributed by atoms with Gasteiger partial charge in [-0.3, -0.25) is 4.79 Å². The molecule has 3 aromatic rings. The number of ether oxygens (including phenoxy) is 2. The van der Waals surface area contributed by atoms with Gasteiger partial charge in [-0.25, -0.2) is 4.79 Å². The van der Waals surface area contributed by atoms with Crippen LogP contribution in [-0.4, -0.2) is 25.3 Å². The molecule has 0 saturated heterocycles. The van der Waals surface area contributed by atoms with E-state index in [9.17, 15) is 14.7 Å². The van der Waals surface area contributed by atoms with E-state index in [1.54, 1.807) is 55.6 Å². The van der Waals surface area contributed by atoms with E-state index in [-0.39, 0.29) is 23.3 Å². The summed E-state index contributed by atoms with van der Waals surface area (Å²) in [4.78, 5) is 24.5. The van der Waals surface area contributed by atoms with Gasteiger partial charge in [0.1, 0.15) is 17.1 Å². The van der Waals surface area contributed by atoms with E-state index in [0.717, 1.165) is 0 Å². The topological polar surface area (TPSA) is 86.0 Å². The molecule has 2 aromatic carbocycles. The summed E-state index contributed by atoms with van der Waals surface area (Å²) < 4.78 is 15.2. The number of fused-ring (bicyclic) bond motifs is 1. The number of esters is 1. The van der Waals surface area contributed by atoms with Gasteiger partial charge in [-0.05, 0) is 29.8 Å². The predicted octanol–water partition coefficient (Wildman–Crippen LogP) is 3.20. The fraction of sp³-hybridized carbons (Fsp3) is 0.200. The average molecular weight is 354 g/mol. The van der Waals surface area contributed by atoms with Gasteiger partial charge in [0.15, 0.2) is 0 Å². The van der Waals surface area contributed by atoms with Crippen LogP contribution in [0.1, 0.15) is 23.5 Å². The van der Waals surface area contributed by atoms with E-state index in [4.69, 9.17) is 13.9 Å². The van der Waals surface area contributed by atoms with Gasteiger partial charge >= 0.3 is 11.6 Å². The fourth-order valence-corrected chi connectivity index (χ4v) is 2.93. The molecular formula is C20H18O6. The van der Waals surface area contributed by atoms with Crippen LogP contribution in [0.5, 0.6) is 11.5 Å². The standard InChI is InChI=1S/C20H18O6/c1-24-13-9-7-12(8-10-13)15(11-17(21)25-2)18-19(22)14-5-3-4-6-16(14)26-20(18)23/h3-10,15,22H,11H2,1-2H3/t15-/m0/s1. The highest BCUT2D eigenvalue weighted by atomic mass is 16.5. The normalized spacial score (nSPS) is 11.9. The Hall–Kier alpha value is -3.28. The molecule has 0 radical (unpaired) electrons. The number of carbonyl (C=O) groups excluding carboxylic acids is 1. The minimum Gasteiger partial charge on any atom is -0.507 e. The van der Waals surface area contributed by atoms with Crippen LogP contribution in [0.2, 0.25) is 0 Å². The molecular weight excluding hydrogens is 336 g/mol. The zero-order valence-corrected chi connectivity index (χ0v) is 14.4. The Morgan fingerprint density at radius 2 is 1.81 bits per heavy atom. The second-order valence-electron chi connectivity index (χ2n) is 5.75. The maximum Gasteiger partial charge on any atom is 0.343 e. The van der Waals surface area contributed by atoms with Crippen LogP contribution in [0.25, 0.3) is 11.0 Å². The Labute approximate surface area is 149 Å². The van der Waals surface area contributed by atoms with Gasteiger partial charge in [0.2, 0.25) is 0 Å². The molecule has 1 aromatic heterocycles. The zero-order chi connectivity index (χ0) is 18.7. The van der Waals surface area contributed by atoms with E-state index in [1.165, 1.54) is 7.11 Å². The first-order chi connectivity index (χ1) is 12.5. The first-order valence-corrected chi connectivity index (χ1v) is 8.00. The number of para-hydroxylation sites is 1. The highest BCUT2D eigenvalue weighted by Gasteiger charge is 2.27. The molecule has 6 nitrogen and oxygen atoms in total. The van der Waals surface area contributed by atoms with Crippen LogP contribution in [-0.2, 0) is 9.53 Å². The molecule has 0 unspecified atom stereocenters. The van der Waals surface area contributed by atoms with Crippen molar-refractivity contribution in [2.45, 2.75) is 12.3 Å². The van der Waals surface area contributed by atoms with E-state index in [2.05, 4.69) is 0 Å². The first kappa shape index (κ1) is 17.5. The molecule has 0 bridgehead atoms. The predicted molar refractivity (Wildman–Crippen MR) is 95.6 cm³/mol. The van der Waals surface area contributed by atoms with Crippen LogP contribution in [0, 0.1) is 0 Å². The lowest BCUT2D eigenvalue weighted by Gasteiger charge is -2.18. The van der Waals surface area contributed by atoms with E-state index in [0.29, 0.717) is 16.7 Å². The Bertz CT molecular complexity index is 987. The summed E-state index contributed by atoms with van der Waals surface area (Å²) in [5.74, 6) is -0.770. The number of aromatic hydroxyl groups is 1. The monoisotopic (exact) mass is 354 g/mol. The van der Waals surface area contributed by atoms with Crippen molar-refractivity contribution in [1.29, 1.82) is 0 Å². The molecule has 0 fully saturated rings. The highest BCUT2D eigenvalue weighted by Crippen LogP contribution is 2.36. The second kappa shape index (κ2) is 7.31. The van der Waals surface area contributed by atoms with Crippen molar-refractivity contribution < 1.29 is 23.8 Å². The van der Waals surface area contributed by atoms with Gasteiger partial charge in [0, 0.05) is 5.92 Å². The van der Waals surface area contributed by atoms with Crippen molar-refractivity contribution in [2.24, 2.45) is 0 Å². The van der Waals surface area contributed by atoms with Crippen LogP contribution in [0.4, 0.5) is 0 Å². The summed E-state index contributed by atoms with van der Waals surface area (Å²) in [5, 5.41) is 11.1. The summed E-state index contributed by atoms with van der Waals surface area (Å²) in [5.41, 5.74) is 0.282. The lowest BCUT2D eigenvalue weighted by Crippen LogP contribution is -2.18. The Kier molecular flexibility index (Phi) is 4.93. The minimum absolute atomic E-state index is 0.0271. The molecule has 0 amide bonds. The molecule has 0 saturated carbocycles. The van der Waals surface area contributed by atoms with Crippen LogP contribution in [0.15, 0.2) is 57.7 Å². The molecule has 1 atom stereocenters. The third-order valence-corrected chi connectivity index (χ3v) is 4.28. The van der Waals surface area contributed by atoms with E-state index in [1.807, 2.05) is 0 Å². The Morgan fingerprint density at radius 3 is 2.46 bits per heavy atom. The SMILES string of the molecule is COC(=O)C[C@@H](c1ccc(OC)cc1)c1c(O)c2ccccc2oc1=O. The molecule has 6 heteroatoms. The smallest absolute Gasteiger partial charge is 0.343 e. The minimum atomic E-state index is -0.714. The van der Waals surface area contributed by atoms with Gasteiger partial charge < -0.3 is 19.0 Å². The Balaban J connectivity index is 2.19. The number of hydrogen-bond donors (Lipinski definition) is 1. The quantitative estimate of drug-likeness (QED) is 0.559. The summed E-state index contributed by atoms with van der Waals surface area (Å²) >= 11 is 0. The van der Waals surface area contributed by atoms with Crippen molar-refractivity contribution in [3.05, 3.63) is 70.1 Å². The zero-order valence-electron chi connectivity index (χ0n) is 14.4. The fourth-order valence-electron chi connectivity index (χ4n) is 2.93. The molecule has 0 aliphatic rings. The molecule has 134 valence electrons. The van der Waals surface area contributed by atoms with Crippen molar-refractivity contribution in [3.8, 4) is 11.5 Å². The van der Waals surface area contributed by atoms with Gasteiger partial charge in [-0.15, -0.1) is 0 Å². The lowest BCUT2D eigenvalue weighted by atomic mass is 9.88. The molecule has 1 heterocycles. The van der Waals surface area contributed by atoms with Crippen molar-refractivity contribution >= 4 is 16.9 Å². The number of carbonyl (C=O) groups is 1. The molecule has 1 N–H and O–H groups in total. The summed E-state index contributed by atoms with van der Waals surface area (Å²) in [6.07, 6.45) is -0.112. The van der Waals surface area contributed by atoms with E-state index < -0.39 is 17.5 Å². The van der Waals surface area contributed by atoms with Crippen molar-refractivity contribution in [3.63, 3.8) is 0 Å².